The monoisotopic (exact) mass is 405 g/mol. The van der Waals surface area contributed by atoms with Crippen LogP contribution in [-0.2, 0) is 0 Å². The molecule has 0 aliphatic heterocycles. The number of ether oxygens (including phenoxy) is 2. The third-order valence-corrected chi connectivity index (χ3v) is 4.73. The summed E-state index contributed by atoms with van der Waals surface area (Å²) in [7, 11) is 3.04. The van der Waals surface area contributed by atoms with Gasteiger partial charge in [0, 0.05) is 23.4 Å². The quantitative estimate of drug-likeness (QED) is 0.522. The molecule has 0 saturated carbocycles. The fourth-order valence-corrected chi connectivity index (χ4v) is 3.22. The maximum atomic E-state index is 13.8. The summed E-state index contributed by atoms with van der Waals surface area (Å²) < 4.78 is 26.1. The molecule has 1 N–H and O–H groups in total. The van der Waals surface area contributed by atoms with Crippen molar-refractivity contribution in [3.05, 3.63) is 77.7 Å². The van der Waals surface area contributed by atoms with E-state index in [1.165, 1.54) is 26.4 Å². The first-order valence-corrected chi connectivity index (χ1v) is 9.27. The van der Waals surface area contributed by atoms with Crippen molar-refractivity contribution in [1.82, 2.24) is 9.38 Å². The number of anilines is 1. The Morgan fingerprint density at radius 2 is 1.77 bits per heavy atom. The van der Waals surface area contributed by atoms with E-state index in [1.807, 2.05) is 25.3 Å². The van der Waals surface area contributed by atoms with Gasteiger partial charge in [-0.1, -0.05) is 12.1 Å². The largest absolute Gasteiger partial charge is 0.497 e. The van der Waals surface area contributed by atoms with E-state index in [1.54, 1.807) is 34.7 Å². The fraction of sp³-hybridized carbons (Fsp3) is 0.130. The van der Waals surface area contributed by atoms with E-state index in [0.717, 1.165) is 5.56 Å². The number of hydrogen-bond acceptors (Lipinski definition) is 4. The summed E-state index contributed by atoms with van der Waals surface area (Å²) in [6.45, 7) is 1.96. The van der Waals surface area contributed by atoms with Crippen LogP contribution < -0.4 is 14.8 Å². The normalized spacial score (nSPS) is 10.8. The Bertz CT molecular complexity index is 1230. The third-order valence-electron chi connectivity index (χ3n) is 4.73. The number of carbonyl (C=O) groups excluding carboxylic acids is 1. The highest BCUT2D eigenvalue weighted by Crippen LogP contribution is 2.31. The van der Waals surface area contributed by atoms with E-state index in [9.17, 15) is 9.18 Å². The minimum Gasteiger partial charge on any atom is -0.497 e. The summed E-state index contributed by atoms with van der Waals surface area (Å²) in [5.41, 5.74) is 3.07. The maximum absolute atomic E-state index is 13.8. The maximum Gasteiger partial charge on any atom is 0.257 e. The number of fused-ring (bicyclic) bond motifs is 1. The molecule has 2 aromatic carbocycles. The van der Waals surface area contributed by atoms with Crippen molar-refractivity contribution in [2.24, 2.45) is 0 Å². The zero-order valence-electron chi connectivity index (χ0n) is 16.8. The minimum absolute atomic E-state index is 0.360. The number of nitrogens with zero attached hydrogens (tertiary/aromatic N) is 2. The standard InChI is InChI=1S/C23H20FN3O3/c1-14-7-8-27-20(9-14)25-21(15-5-4-6-17(24)10-15)22(27)26-23(28)16-11-18(29-2)13-19(12-16)30-3/h4-13H,1-3H3,(H,26,28). The Kier molecular flexibility index (Phi) is 5.10. The molecule has 1 amide bonds. The van der Waals surface area contributed by atoms with Gasteiger partial charge >= 0.3 is 0 Å². The summed E-state index contributed by atoms with van der Waals surface area (Å²) >= 11 is 0. The van der Waals surface area contributed by atoms with Gasteiger partial charge in [-0.25, -0.2) is 9.37 Å². The van der Waals surface area contributed by atoms with Crippen LogP contribution in [0.4, 0.5) is 10.2 Å². The van der Waals surface area contributed by atoms with Crippen LogP contribution in [0, 0.1) is 12.7 Å². The topological polar surface area (TPSA) is 64.9 Å². The Balaban J connectivity index is 1.82. The molecule has 0 radical (unpaired) electrons. The summed E-state index contributed by atoms with van der Waals surface area (Å²) in [5, 5.41) is 2.92. The second kappa shape index (κ2) is 7.87. The van der Waals surface area contributed by atoms with Crippen LogP contribution in [0.3, 0.4) is 0 Å². The molecular formula is C23H20FN3O3. The molecule has 30 heavy (non-hydrogen) atoms. The summed E-state index contributed by atoms with van der Waals surface area (Å²) in [6, 6.07) is 14.8. The number of aryl methyl sites for hydroxylation is 1. The number of hydrogen-bond donors (Lipinski definition) is 1. The zero-order chi connectivity index (χ0) is 21.3. The number of rotatable bonds is 5. The molecule has 0 fully saturated rings. The molecule has 0 spiro atoms. The van der Waals surface area contributed by atoms with Crippen molar-refractivity contribution in [2.45, 2.75) is 6.92 Å². The summed E-state index contributed by atoms with van der Waals surface area (Å²) in [5.74, 6) is 0.697. The Labute approximate surface area is 172 Å². The second-order valence-electron chi connectivity index (χ2n) is 6.81. The molecule has 152 valence electrons. The molecule has 0 aliphatic rings. The first-order valence-electron chi connectivity index (χ1n) is 9.27. The fourth-order valence-electron chi connectivity index (χ4n) is 3.22. The average Bonchev–Trinajstić information content (AvgIpc) is 3.10. The molecular weight excluding hydrogens is 385 g/mol. The van der Waals surface area contributed by atoms with Gasteiger partial charge in [0.1, 0.15) is 34.5 Å². The van der Waals surface area contributed by atoms with E-state index >= 15 is 0 Å². The van der Waals surface area contributed by atoms with Gasteiger partial charge < -0.3 is 14.8 Å². The molecule has 0 unspecified atom stereocenters. The molecule has 4 aromatic rings. The van der Waals surface area contributed by atoms with Crippen LogP contribution in [0.5, 0.6) is 11.5 Å². The Hall–Kier alpha value is -3.87. The van der Waals surface area contributed by atoms with Gasteiger partial charge in [-0.15, -0.1) is 0 Å². The van der Waals surface area contributed by atoms with Gasteiger partial charge in [0.2, 0.25) is 0 Å². The third kappa shape index (κ3) is 3.69. The molecule has 2 aromatic heterocycles. The lowest BCUT2D eigenvalue weighted by Crippen LogP contribution is -2.14. The molecule has 0 bridgehead atoms. The number of amides is 1. The first-order chi connectivity index (χ1) is 14.5. The van der Waals surface area contributed by atoms with Crippen LogP contribution in [0.2, 0.25) is 0 Å². The van der Waals surface area contributed by atoms with Crippen LogP contribution in [0.25, 0.3) is 16.9 Å². The predicted molar refractivity (Wildman–Crippen MR) is 113 cm³/mol. The number of nitrogens with one attached hydrogen (secondary N) is 1. The number of imidazole rings is 1. The molecule has 7 heteroatoms. The molecule has 4 rings (SSSR count). The van der Waals surface area contributed by atoms with Gasteiger partial charge in [0.25, 0.3) is 5.91 Å². The number of benzene rings is 2. The smallest absolute Gasteiger partial charge is 0.257 e. The summed E-state index contributed by atoms with van der Waals surface area (Å²) in [6.07, 6.45) is 1.82. The van der Waals surface area contributed by atoms with E-state index in [4.69, 9.17) is 9.47 Å². The van der Waals surface area contributed by atoms with E-state index in [-0.39, 0.29) is 11.7 Å². The molecule has 2 heterocycles. The van der Waals surface area contributed by atoms with E-state index in [2.05, 4.69) is 10.3 Å². The number of aromatic nitrogens is 2. The van der Waals surface area contributed by atoms with Crippen LogP contribution in [0.1, 0.15) is 15.9 Å². The number of pyridine rings is 1. The lowest BCUT2D eigenvalue weighted by molar-refractivity contribution is 0.102. The first kappa shape index (κ1) is 19.4. The van der Waals surface area contributed by atoms with Crippen molar-refractivity contribution < 1.29 is 18.7 Å². The van der Waals surface area contributed by atoms with Gasteiger partial charge in [0.15, 0.2) is 0 Å². The van der Waals surface area contributed by atoms with Crippen molar-refractivity contribution in [3.63, 3.8) is 0 Å². The van der Waals surface area contributed by atoms with Crippen molar-refractivity contribution in [1.29, 1.82) is 0 Å². The number of carbonyl (C=O) groups is 1. The second-order valence-corrected chi connectivity index (χ2v) is 6.81. The predicted octanol–water partition coefficient (Wildman–Crippen LogP) is 4.72. The molecule has 0 atom stereocenters. The van der Waals surface area contributed by atoms with Crippen LogP contribution >= 0.6 is 0 Å². The number of methoxy groups -OCH3 is 2. The van der Waals surface area contributed by atoms with Gasteiger partial charge in [-0.3, -0.25) is 9.20 Å². The number of halogens is 1. The van der Waals surface area contributed by atoms with Crippen molar-refractivity contribution in [3.8, 4) is 22.8 Å². The molecule has 0 aliphatic carbocycles. The summed E-state index contributed by atoms with van der Waals surface area (Å²) in [4.78, 5) is 17.7. The van der Waals surface area contributed by atoms with Crippen molar-refractivity contribution >= 4 is 17.4 Å². The zero-order valence-corrected chi connectivity index (χ0v) is 16.8. The van der Waals surface area contributed by atoms with Gasteiger partial charge in [-0.2, -0.15) is 0 Å². The highest BCUT2D eigenvalue weighted by atomic mass is 19.1. The molecule has 0 saturated heterocycles. The Morgan fingerprint density at radius 1 is 1.03 bits per heavy atom. The molecule has 6 nitrogen and oxygen atoms in total. The Morgan fingerprint density at radius 3 is 2.43 bits per heavy atom. The van der Waals surface area contributed by atoms with E-state index in [0.29, 0.717) is 39.8 Å². The van der Waals surface area contributed by atoms with Gasteiger partial charge in [-0.05, 0) is 48.9 Å². The lowest BCUT2D eigenvalue weighted by atomic mass is 10.1. The average molecular weight is 405 g/mol. The van der Waals surface area contributed by atoms with Crippen LogP contribution in [-0.4, -0.2) is 29.5 Å². The highest BCUT2D eigenvalue weighted by Gasteiger charge is 2.19. The van der Waals surface area contributed by atoms with E-state index < -0.39 is 0 Å². The minimum atomic E-state index is -0.379. The highest BCUT2D eigenvalue weighted by molar-refractivity contribution is 6.06. The van der Waals surface area contributed by atoms with Crippen LogP contribution in [0.15, 0.2) is 60.8 Å². The van der Waals surface area contributed by atoms with Gasteiger partial charge in [0.05, 0.1) is 14.2 Å². The van der Waals surface area contributed by atoms with Crippen molar-refractivity contribution in [2.75, 3.05) is 19.5 Å². The lowest BCUT2D eigenvalue weighted by Gasteiger charge is -2.11. The SMILES string of the molecule is COc1cc(OC)cc(C(=O)Nc2c(-c3cccc(F)c3)nc3cc(C)ccn23)c1.